The van der Waals surface area contributed by atoms with Gasteiger partial charge in [-0.3, -0.25) is 15.1 Å². The molecule has 1 aliphatic rings. The zero-order chi connectivity index (χ0) is 28.8. The molecule has 5 rings (SSSR count). The van der Waals surface area contributed by atoms with Crippen LogP contribution >= 0.6 is 11.6 Å². The smallest absolute Gasteiger partial charge is 0.413 e. The third-order valence-electron chi connectivity index (χ3n) is 6.39. The van der Waals surface area contributed by atoms with E-state index >= 15 is 0 Å². The Labute approximate surface area is 241 Å². The van der Waals surface area contributed by atoms with Gasteiger partial charge in [-0.05, 0) is 48.9 Å². The predicted molar refractivity (Wildman–Crippen MR) is 154 cm³/mol. The van der Waals surface area contributed by atoms with Crippen LogP contribution in [-0.4, -0.2) is 51.7 Å². The van der Waals surface area contributed by atoms with Gasteiger partial charge >= 0.3 is 6.09 Å². The van der Waals surface area contributed by atoms with E-state index in [1.165, 1.54) is 24.4 Å². The maximum atomic E-state index is 12.8. The molecule has 1 saturated heterocycles. The van der Waals surface area contributed by atoms with Crippen LogP contribution in [-0.2, 0) is 16.1 Å². The number of hydrogen-bond acceptors (Lipinski definition) is 9. The molecule has 2 aromatic heterocycles. The maximum Gasteiger partial charge on any atom is 0.413 e. The third-order valence-corrected chi connectivity index (χ3v) is 6.68. The molecule has 12 heteroatoms. The summed E-state index contributed by atoms with van der Waals surface area (Å²) in [5, 5.41) is 6.99. The predicted octanol–water partition coefficient (Wildman–Crippen LogP) is 5.69. The summed E-state index contributed by atoms with van der Waals surface area (Å²) in [6, 6.07) is 14.3. The Kier molecular flexibility index (Phi) is 8.44. The molecule has 210 valence electrons. The fourth-order valence-corrected chi connectivity index (χ4v) is 4.64. The molecule has 1 fully saturated rings. The number of carbonyl (C=O) groups is 2. The van der Waals surface area contributed by atoms with Crippen LogP contribution in [0.25, 0.3) is 10.9 Å². The number of nitrogens with one attached hydrogen (secondary N) is 2. The molecule has 4 aromatic rings. The summed E-state index contributed by atoms with van der Waals surface area (Å²) in [6.07, 6.45) is 4.20. The van der Waals surface area contributed by atoms with Gasteiger partial charge in [-0.25, -0.2) is 14.8 Å². The van der Waals surface area contributed by atoms with Gasteiger partial charge in [0, 0.05) is 36.3 Å². The standard InChI is InChI=1S/C29H27ClN6O5/c1-3-26(37)36-12-6-8-27(36)41-29(38)35-23-14-20-22(15-25(23)39-2)32-17-33-28(20)34-18-9-10-24(21(30)13-18)40-16-19-7-4-5-11-31-19/h3-5,7,9-11,13-15,17,27H,1,6,8,12,16H2,2H3,(H,35,38)(H,32,33,34)/t27-/m0/s1. The second-order valence-electron chi connectivity index (χ2n) is 9.03. The van der Waals surface area contributed by atoms with Crippen molar-refractivity contribution in [2.75, 3.05) is 24.3 Å². The number of likely N-dealkylation sites (tertiary alicyclic amines) is 1. The molecule has 2 N–H and O–H groups in total. The van der Waals surface area contributed by atoms with Crippen molar-refractivity contribution in [1.29, 1.82) is 0 Å². The van der Waals surface area contributed by atoms with Crippen molar-refractivity contribution in [2.24, 2.45) is 0 Å². The number of rotatable bonds is 9. The van der Waals surface area contributed by atoms with E-state index in [-0.39, 0.29) is 12.5 Å². The number of pyridine rings is 1. The molecule has 1 aliphatic heterocycles. The van der Waals surface area contributed by atoms with Crippen LogP contribution in [0.3, 0.4) is 0 Å². The summed E-state index contributed by atoms with van der Waals surface area (Å²) >= 11 is 6.48. The van der Waals surface area contributed by atoms with Crippen LogP contribution < -0.4 is 20.1 Å². The minimum absolute atomic E-state index is 0.285. The molecule has 0 aliphatic carbocycles. The van der Waals surface area contributed by atoms with Crippen molar-refractivity contribution in [3.8, 4) is 11.5 Å². The highest BCUT2D eigenvalue weighted by atomic mass is 35.5. The summed E-state index contributed by atoms with van der Waals surface area (Å²) in [4.78, 5) is 39.3. The molecule has 0 saturated carbocycles. The number of halogens is 1. The third kappa shape index (κ3) is 6.47. The minimum atomic E-state index is -0.726. The largest absolute Gasteiger partial charge is 0.494 e. The van der Waals surface area contributed by atoms with Gasteiger partial charge in [0.15, 0.2) is 6.23 Å². The fraction of sp³-hybridized carbons (Fsp3) is 0.207. The lowest BCUT2D eigenvalue weighted by Crippen LogP contribution is -2.38. The highest BCUT2D eigenvalue weighted by molar-refractivity contribution is 6.32. The molecule has 11 nitrogen and oxygen atoms in total. The van der Waals surface area contributed by atoms with Crippen molar-refractivity contribution in [2.45, 2.75) is 25.7 Å². The summed E-state index contributed by atoms with van der Waals surface area (Å²) in [7, 11) is 1.49. The first kappa shape index (κ1) is 27.7. The SMILES string of the molecule is C=CC(=O)N1CCC[C@@H]1OC(=O)Nc1cc2c(Nc3ccc(OCc4ccccn4)c(Cl)c3)ncnc2cc1OC. The number of amides is 2. The van der Waals surface area contributed by atoms with Gasteiger partial charge in [-0.1, -0.05) is 24.2 Å². The first-order valence-corrected chi connectivity index (χ1v) is 13.2. The van der Waals surface area contributed by atoms with E-state index in [9.17, 15) is 9.59 Å². The molecule has 1 atom stereocenters. The molecular formula is C29H27ClN6O5. The molecule has 0 spiro atoms. The highest BCUT2D eigenvalue weighted by Crippen LogP contribution is 2.35. The van der Waals surface area contributed by atoms with Crippen molar-refractivity contribution in [3.63, 3.8) is 0 Å². The van der Waals surface area contributed by atoms with Crippen LogP contribution in [0.15, 0.2) is 73.7 Å². The molecular weight excluding hydrogens is 548 g/mol. The Balaban J connectivity index is 1.33. The van der Waals surface area contributed by atoms with E-state index in [4.69, 9.17) is 25.8 Å². The van der Waals surface area contributed by atoms with E-state index in [1.807, 2.05) is 24.3 Å². The van der Waals surface area contributed by atoms with Crippen molar-refractivity contribution < 1.29 is 23.8 Å². The van der Waals surface area contributed by atoms with Crippen LogP contribution in [0, 0.1) is 0 Å². The number of anilines is 3. The van der Waals surface area contributed by atoms with E-state index in [2.05, 4.69) is 32.2 Å². The normalized spacial score (nSPS) is 14.4. The molecule has 2 amide bonds. The van der Waals surface area contributed by atoms with Gasteiger partial charge in [-0.2, -0.15) is 0 Å². The Bertz CT molecular complexity index is 1590. The topological polar surface area (TPSA) is 128 Å². The summed E-state index contributed by atoms with van der Waals surface area (Å²) in [5.74, 6) is 1.08. The maximum absolute atomic E-state index is 12.8. The lowest BCUT2D eigenvalue weighted by molar-refractivity contribution is -0.132. The minimum Gasteiger partial charge on any atom is -0.494 e. The first-order valence-electron chi connectivity index (χ1n) is 12.8. The van der Waals surface area contributed by atoms with Crippen LogP contribution in [0.1, 0.15) is 18.5 Å². The molecule has 41 heavy (non-hydrogen) atoms. The molecule has 0 bridgehead atoms. The number of fused-ring (bicyclic) bond motifs is 1. The summed E-state index contributed by atoms with van der Waals surface area (Å²) in [5.41, 5.74) is 2.38. The van der Waals surface area contributed by atoms with Crippen LogP contribution in [0.2, 0.25) is 5.02 Å². The number of benzene rings is 2. The van der Waals surface area contributed by atoms with Crippen molar-refractivity contribution in [1.82, 2.24) is 19.9 Å². The number of hydrogen-bond donors (Lipinski definition) is 2. The van der Waals surface area contributed by atoms with Gasteiger partial charge in [0.2, 0.25) is 5.91 Å². The lowest BCUT2D eigenvalue weighted by atomic mass is 10.2. The number of nitrogens with zero attached hydrogens (tertiary/aromatic N) is 4. The summed E-state index contributed by atoms with van der Waals surface area (Å²) in [6.45, 7) is 4.29. The zero-order valence-electron chi connectivity index (χ0n) is 22.2. The quantitative estimate of drug-likeness (QED) is 0.242. The number of aromatic nitrogens is 3. The van der Waals surface area contributed by atoms with E-state index in [0.717, 1.165) is 12.1 Å². The Hall–Kier alpha value is -4.90. The average molecular weight is 575 g/mol. The lowest BCUT2D eigenvalue weighted by Gasteiger charge is -2.23. The Morgan fingerprint density at radius 1 is 1.15 bits per heavy atom. The van der Waals surface area contributed by atoms with Gasteiger partial charge in [0.05, 0.1) is 29.0 Å². The number of ether oxygens (including phenoxy) is 3. The molecule has 2 aromatic carbocycles. The second-order valence-corrected chi connectivity index (χ2v) is 9.44. The Morgan fingerprint density at radius 2 is 2.02 bits per heavy atom. The number of methoxy groups -OCH3 is 1. The highest BCUT2D eigenvalue weighted by Gasteiger charge is 2.30. The molecule has 3 heterocycles. The zero-order valence-corrected chi connectivity index (χ0v) is 22.9. The number of carbonyl (C=O) groups excluding carboxylic acids is 2. The fourth-order valence-electron chi connectivity index (χ4n) is 4.41. The van der Waals surface area contributed by atoms with E-state index in [1.54, 1.807) is 30.5 Å². The monoisotopic (exact) mass is 574 g/mol. The second kappa shape index (κ2) is 12.5. The van der Waals surface area contributed by atoms with Gasteiger partial charge in [-0.15, -0.1) is 0 Å². The van der Waals surface area contributed by atoms with E-state index < -0.39 is 12.3 Å². The van der Waals surface area contributed by atoms with Gasteiger partial charge in [0.25, 0.3) is 0 Å². The summed E-state index contributed by atoms with van der Waals surface area (Å²) < 4.78 is 16.8. The van der Waals surface area contributed by atoms with Crippen molar-refractivity contribution >= 4 is 51.7 Å². The van der Waals surface area contributed by atoms with Gasteiger partial charge < -0.3 is 24.4 Å². The average Bonchev–Trinajstić information content (AvgIpc) is 3.44. The van der Waals surface area contributed by atoms with Crippen molar-refractivity contribution in [3.05, 3.63) is 84.4 Å². The van der Waals surface area contributed by atoms with Gasteiger partial charge in [0.1, 0.15) is 30.3 Å². The first-order chi connectivity index (χ1) is 19.9. The molecule has 0 unspecified atom stereocenters. The Morgan fingerprint density at radius 3 is 2.78 bits per heavy atom. The molecule has 0 radical (unpaired) electrons. The van der Waals surface area contributed by atoms with Crippen LogP contribution in [0.5, 0.6) is 11.5 Å². The van der Waals surface area contributed by atoms with Crippen LogP contribution in [0.4, 0.5) is 22.0 Å². The van der Waals surface area contributed by atoms with E-state index in [0.29, 0.717) is 57.6 Å².